The monoisotopic (exact) mass is 422 g/mol. The molecule has 1 fully saturated rings. The minimum absolute atomic E-state index is 0.121. The lowest BCUT2D eigenvalue weighted by atomic mass is 10.0. The maximum absolute atomic E-state index is 13.1. The summed E-state index contributed by atoms with van der Waals surface area (Å²) in [6.45, 7) is 1.76. The van der Waals surface area contributed by atoms with E-state index in [1.54, 1.807) is 42.3 Å². The fraction of sp³-hybridized carbons (Fsp3) is 0.421. The summed E-state index contributed by atoms with van der Waals surface area (Å²) in [6, 6.07) is 3.58. The number of carbonyl (C=O) groups is 2. The van der Waals surface area contributed by atoms with Gasteiger partial charge in [-0.1, -0.05) is 6.07 Å². The van der Waals surface area contributed by atoms with Crippen LogP contribution >= 0.6 is 0 Å². The van der Waals surface area contributed by atoms with E-state index in [2.05, 4.69) is 20.5 Å². The van der Waals surface area contributed by atoms with Gasteiger partial charge in [0, 0.05) is 19.3 Å². The lowest BCUT2D eigenvalue weighted by Crippen LogP contribution is -2.56. The molecule has 1 aromatic heterocycles. The number of rotatable bonds is 3. The van der Waals surface area contributed by atoms with Crippen LogP contribution in [0.5, 0.6) is 0 Å². The van der Waals surface area contributed by atoms with Crippen LogP contribution in [0.4, 0.5) is 23.8 Å². The van der Waals surface area contributed by atoms with Crippen molar-refractivity contribution in [3.63, 3.8) is 0 Å². The molecule has 30 heavy (non-hydrogen) atoms. The second-order valence-electron chi connectivity index (χ2n) is 7.41. The summed E-state index contributed by atoms with van der Waals surface area (Å²) in [4.78, 5) is 33.2. The van der Waals surface area contributed by atoms with Gasteiger partial charge in [-0.25, -0.2) is 9.78 Å². The van der Waals surface area contributed by atoms with Gasteiger partial charge in [-0.15, -0.1) is 0 Å². The fourth-order valence-corrected chi connectivity index (χ4v) is 4.01. The number of hydrogen-bond donors (Lipinski definition) is 3. The number of nitrogens with one attached hydrogen (secondary N) is 3. The SMILES string of the molecule is CC1=CC(C(=O)NCC(F)(F)F)NC2=C1N1CC[C@@H](C1)N2C(=O)Nc1ccccn1. The van der Waals surface area contributed by atoms with E-state index in [0.717, 1.165) is 24.2 Å². The second-order valence-corrected chi connectivity index (χ2v) is 7.41. The summed E-state index contributed by atoms with van der Waals surface area (Å²) in [7, 11) is 0. The number of fused-ring (bicyclic) bond motifs is 3. The third-order valence-corrected chi connectivity index (χ3v) is 5.26. The van der Waals surface area contributed by atoms with Gasteiger partial charge in [-0.2, -0.15) is 13.2 Å². The molecule has 0 radical (unpaired) electrons. The molecule has 4 heterocycles. The van der Waals surface area contributed by atoms with E-state index >= 15 is 0 Å². The van der Waals surface area contributed by atoms with Crippen LogP contribution in [0.2, 0.25) is 0 Å². The lowest BCUT2D eigenvalue weighted by Gasteiger charge is -2.42. The molecule has 11 heteroatoms. The Kier molecular flexibility index (Phi) is 5.04. The molecule has 0 spiro atoms. The Hall–Kier alpha value is -3.24. The molecule has 0 aliphatic carbocycles. The standard InChI is InChI=1S/C19H21F3N6O2/c1-11-8-13(17(29)24-10-19(20,21)22)25-16-15(11)27-7-5-12(9-27)28(16)18(30)26-14-4-2-3-6-23-14/h2-4,6,8,12-13,25H,5,7,9-10H2,1H3,(H,24,29)(H,23,26,30)/t12-,13?/m0/s1. The van der Waals surface area contributed by atoms with Gasteiger partial charge in [0.1, 0.15) is 24.2 Å². The van der Waals surface area contributed by atoms with E-state index in [1.807, 2.05) is 5.32 Å². The summed E-state index contributed by atoms with van der Waals surface area (Å²) in [6.07, 6.45) is -0.626. The van der Waals surface area contributed by atoms with Crippen molar-refractivity contribution in [2.45, 2.75) is 31.6 Å². The summed E-state index contributed by atoms with van der Waals surface area (Å²) >= 11 is 0. The number of anilines is 1. The number of carbonyl (C=O) groups excluding carboxylic acids is 2. The third kappa shape index (κ3) is 3.91. The van der Waals surface area contributed by atoms with E-state index in [1.165, 1.54) is 0 Å². The Morgan fingerprint density at radius 1 is 1.33 bits per heavy atom. The molecular weight excluding hydrogens is 401 g/mol. The molecule has 3 aliphatic rings. The number of aromatic nitrogens is 1. The van der Waals surface area contributed by atoms with Crippen molar-refractivity contribution in [2.24, 2.45) is 0 Å². The summed E-state index contributed by atoms with van der Waals surface area (Å²) in [5.41, 5.74) is 1.51. The molecular formula is C19H21F3N6O2. The average Bonchev–Trinajstić information content (AvgIpc) is 3.09. The maximum atomic E-state index is 13.1. The normalized spacial score (nSPS) is 22.9. The molecule has 3 N–H and O–H groups in total. The van der Waals surface area contributed by atoms with Crippen LogP contribution in [0.15, 0.2) is 47.6 Å². The highest BCUT2D eigenvalue weighted by atomic mass is 19.4. The van der Waals surface area contributed by atoms with Crippen molar-refractivity contribution in [3.05, 3.63) is 47.6 Å². The minimum atomic E-state index is -4.50. The number of urea groups is 1. The zero-order valence-corrected chi connectivity index (χ0v) is 16.2. The van der Waals surface area contributed by atoms with E-state index in [4.69, 9.17) is 0 Å². The first kappa shape index (κ1) is 20.0. The number of hydrogen-bond acceptors (Lipinski definition) is 5. The highest BCUT2D eigenvalue weighted by Crippen LogP contribution is 2.36. The smallest absolute Gasteiger partial charge is 0.366 e. The van der Waals surface area contributed by atoms with Gasteiger partial charge in [-0.3, -0.25) is 15.0 Å². The number of amides is 3. The molecule has 2 bridgehead atoms. The number of pyridine rings is 1. The van der Waals surface area contributed by atoms with Crippen LogP contribution in [0.1, 0.15) is 13.3 Å². The highest BCUT2D eigenvalue weighted by Gasteiger charge is 2.44. The van der Waals surface area contributed by atoms with Gasteiger partial charge in [0.15, 0.2) is 0 Å². The quantitative estimate of drug-likeness (QED) is 0.691. The van der Waals surface area contributed by atoms with Crippen molar-refractivity contribution in [3.8, 4) is 0 Å². The van der Waals surface area contributed by atoms with Crippen molar-refractivity contribution in [1.82, 2.24) is 25.4 Å². The van der Waals surface area contributed by atoms with E-state index in [0.29, 0.717) is 18.2 Å². The minimum Gasteiger partial charge on any atom is -0.366 e. The zero-order valence-electron chi connectivity index (χ0n) is 16.2. The van der Waals surface area contributed by atoms with Gasteiger partial charge < -0.3 is 15.5 Å². The maximum Gasteiger partial charge on any atom is 0.405 e. The van der Waals surface area contributed by atoms with Crippen LogP contribution in [0.25, 0.3) is 0 Å². The van der Waals surface area contributed by atoms with Crippen molar-refractivity contribution in [2.75, 3.05) is 25.0 Å². The Bertz CT molecular complexity index is 915. The molecule has 1 aromatic rings. The van der Waals surface area contributed by atoms with Crippen LogP contribution in [0, 0.1) is 0 Å². The Morgan fingerprint density at radius 2 is 2.13 bits per heavy atom. The van der Waals surface area contributed by atoms with Crippen LogP contribution < -0.4 is 16.0 Å². The zero-order chi connectivity index (χ0) is 21.5. The first-order valence-corrected chi connectivity index (χ1v) is 9.53. The molecule has 3 amide bonds. The molecule has 1 saturated heterocycles. The van der Waals surface area contributed by atoms with Crippen molar-refractivity contribution >= 4 is 17.8 Å². The summed E-state index contributed by atoms with van der Waals surface area (Å²) < 4.78 is 37.4. The number of halogens is 3. The molecule has 4 rings (SSSR count). The molecule has 8 nitrogen and oxygen atoms in total. The number of allylic oxidation sites excluding steroid dienone is 1. The average molecular weight is 422 g/mol. The second kappa shape index (κ2) is 7.54. The van der Waals surface area contributed by atoms with Crippen LogP contribution in [-0.2, 0) is 4.79 Å². The largest absolute Gasteiger partial charge is 0.405 e. The van der Waals surface area contributed by atoms with Gasteiger partial charge in [0.05, 0.1) is 11.7 Å². The first-order chi connectivity index (χ1) is 14.2. The number of dihydropyridines is 1. The Labute approximate surface area is 170 Å². The molecule has 1 unspecified atom stereocenters. The molecule has 0 aromatic carbocycles. The predicted molar refractivity (Wildman–Crippen MR) is 102 cm³/mol. The topological polar surface area (TPSA) is 89.6 Å². The van der Waals surface area contributed by atoms with Gasteiger partial charge in [0.25, 0.3) is 0 Å². The van der Waals surface area contributed by atoms with Crippen LogP contribution in [-0.4, -0.2) is 64.6 Å². The fourth-order valence-electron chi connectivity index (χ4n) is 4.01. The molecule has 160 valence electrons. The molecule has 0 saturated carbocycles. The lowest BCUT2D eigenvalue weighted by molar-refractivity contribution is -0.138. The number of nitrogens with zero attached hydrogens (tertiary/aromatic N) is 3. The summed E-state index contributed by atoms with van der Waals surface area (Å²) in [5, 5.41) is 7.61. The van der Waals surface area contributed by atoms with E-state index in [-0.39, 0.29) is 6.04 Å². The van der Waals surface area contributed by atoms with Crippen molar-refractivity contribution in [1.29, 1.82) is 0 Å². The van der Waals surface area contributed by atoms with Crippen molar-refractivity contribution < 1.29 is 22.8 Å². The van der Waals surface area contributed by atoms with Gasteiger partial charge >= 0.3 is 12.2 Å². The Morgan fingerprint density at radius 3 is 2.83 bits per heavy atom. The third-order valence-electron chi connectivity index (χ3n) is 5.26. The van der Waals surface area contributed by atoms with E-state index in [9.17, 15) is 22.8 Å². The highest BCUT2D eigenvalue weighted by molar-refractivity contribution is 5.91. The Balaban J connectivity index is 1.58. The van der Waals surface area contributed by atoms with Crippen LogP contribution in [0.3, 0.4) is 0 Å². The first-order valence-electron chi connectivity index (χ1n) is 9.53. The number of alkyl halides is 3. The van der Waals surface area contributed by atoms with Gasteiger partial charge in [-0.05, 0) is 37.1 Å². The predicted octanol–water partition coefficient (Wildman–Crippen LogP) is 1.77. The summed E-state index contributed by atoms with van der Waals surface area (Å²) in [5.74, 6) is -0.00631. The molecule has 3 aliphatic heterocycles. The van der Waals surface area contributed by atoms with Gasteiger partial charge in [0.2, 0.25) is 5.91 Å². The molecule has 2 atom stereocenters. The van der Waals surface area contributed by atoms with E-state index < -0.39 is 30.7 Å².